The molecule has 3 rings (SSSR count). The average Bonchev–Trinajstić information content (AvgIpc) is 2.99. The minimum Gasteiger partial charge on any atom is -0.496 e. The summed E-state index contributed by atoms with van der Waals surface area (Å²) in [5.74, 6) is 3.56. The molecule has 2 unspecified atom stereocenters. The molecular weight excluding hydrogens is 308 g/mol. The van der Waals surface area contributed by atoms with E-state index in [9.17, 15) is 5.11 Å². The van der Waals surface area contributed by atoms with Crippen molar-refractivity contribution >= 4 is 0 Å². The van der Waals surface area contributed by atoms with Gasteiger partial charge in [-0.3, -0.25) is 0 Å². The van der Waals surface area contributed by atoms with E-state index in [1.54, 1.807) is 7.11 Å². The van der Waals surface area contributed by atoms with Crippen LogP contribution in [0.3, 0.4) is 0 Å². The van der Waals surface area contributed by atoms with E-state index in [4.69, 9.17) is 4.74 Å². The summed E-state index contributed by atoms with van der Waals surface area (Å²) in [4.78, 5) is 0. The van der Waals surface area contributed by atoms with Crippen molar-refractivity contribution in [2.24, 2.45) is 17.8 Å². The fourth-order valence-electron chi connectivity index (χ4n) is 5.11. The Kier molecular flexibility index (Phi) is 7.81. The van der Waals surface area contributed by atoms with Crippen molar-refractivity contribution in [2.75, 3.05) is 7.11 Å². The molecule has 2 aliphatic rings. The number of fused-ring (bicyclic) bond motifs is 2. The van der Waals surface area contributed by atoms with Crippen LogP contribution in [0.1, 0.15) is 76.8 Å². The Morgan fingerprint density at radius 2 is 2.00 bits per heavy atom. The fourth-order valence-corrected chi connectivity index (χ4v) is 5.11. The molecule has 1 aromatic rings. The molecule has 0 heterocycles. The highest BCUT2D eigenvalue weighted by Crippen LogP contribution is 2.48. The quantitative estimate of drug-likeness (QED) is 0.603. The SMILES string of the molecule is C.CCCCCC(O)CC[C@H]1CCC2Cc3c(cccc3OC)C[C@@H]21. The molecule has 2 nitrogen and oxygen atoms in total. The van der Waals surface area contributed by atoms with Gasteiger partial charge in [0.15, 0.2) is 0 Å². The molecule has 25 heavy (non-hydrogen) atoms. The Morgan fingerprint density at radius 3 is 2.76 bits per heavy atom. The standard InChI is InChI=1S/C22H34O2.CH4/c1-3-4-5-8-19(23)13-12-16-10-11-18-15-21-17(14-20(16)18)7-6-9-22(21)24-2;/h6-7,9,16,18-20,23H,3-5,8,10-15H2,1-2H3;1H4/t16-,18?,19?,20-;/m1./s1. The summed E-state index contributed by atoms with van der Waals surface area (Å²) in [6.45, 7) is 2.22. The van der Waals surface area contributed by atoms with Crippen LogP contribution in [0.25, 0.3) is 0 Å². The van der Waals surface area contributed by atoms with Crippen molar-refractivity contribution in [3.8, 4) is 5.75 Å². The number of benzene rings is 1. The smallest absolute Gasteiger partial charge is 0.122 e. The van der Waals surface area contributed by atoms with Crippen molar-refractivity contribution in [3.63, 3.8) is 0 Å². The molecule has 0 aromatic heterocycles. The molecule has 1 saturated carbocycles. The highest BCUT2D eigenvalue weighted by atomic mass is 16.5. The first-order valence-electron chi connectivity index (χ1n) is 10.1. The minimum atomic E-state index is -0.0772. The molecule has 142 valence electrons. The predicted octanol–water partition coefficient (Wildman–Crippen LogP) is 5.79. The number of aliphatic hydroxyl groups is 1. The first-order valence-corrected chi connectivity index (χ1v) is 10.1. The lowest BCUT2D eigenvalue weighted by molar-refractivity contribution is 0.134. The monoisotopic (exact) mass is 346 g/mol. The Labute approximate surface area is 155 Å². The van der Waals surface area contributed by atoms with Gasteiger partial charge in [0.05, 0.1) is 13.2 Å². The molecule has 1 N–H and O–H groups in total. The van der Waals surface area contributed by atoms with Crippen LogP contribution in [0, 0.1) is 17.8 Å². The van der Waals surface area contributed by atoms with Gasteiger partial charge in [-0.2, -0.15) is 0 Å². The number of methoxy groups -OCH3 is 1. The lowest BCUT2D eigenvalue weighted by Crippen LogP contribution is -2.26. The van der Waals surface area contributed by atoms with Gasteiger partial charge in [0.2, 0.25) is 0 Å². The van der Waals surface area contributed by atoms with E-state index in [0.717, 1.165) is 36.3 Å². The van der Waals surface area contributed by atoms with Crippen LogP contribution in [-0.2, 0) is 12.8 Å². The van der Waals surface area contributed by atoms with E-state index >= 15 is 0 Å². The average molecular weight is 347 g/mol. The summed E-state index contributed by atoms with van der Waals surface area (Å²) in [6, 6.07) is 6.54. The van der Waals surface area contributed by atoms with Crippen LogP contribution in [-0.4, -0.2) is 18.3 Å². The normalized spacial score (nSPS) is 25.6. The molecule has 0 saturated heterocycles. The predicted molar refractivity (Wildman–Crippen MR) is 106 cm³/mol. The largest absolute Gasteiger partial charge is 0.496 e. The van der Waals surface area contributed by atoms with Crippen LogP contribution in [0.2, 0.25) is 0 Å². The summed E-state index contributed by atoms with van der Waals surface area (Å²) >= 11 is 0. The third-order valence-electron chi connectivity index (χ3n) is 6.50. The Hall–Kier alpha value is -1.02. The molecule has 0 amide bonds. The second kappa shape index (κ2) is 9.62. The molecule has 2 heteroatoms. The van der Waals surface area contributed by atoms with Gasteiger partial charge in [-0.05, 0) is 79.9 Å². The second-order valence-corrected chi connectivity index (χ2v) is 7.99. The van der Waals surface area contributed by atoms with Crippen molar-refractivity contribution in [3.05, 3.63) is 29.3 Å². The molecule has 4 atom stereocenters. The molecular formula is C23H38O2. The van der Waals surface area contributed by atoms with Crippen molar-refractivity contribution in [1.82, 2.24) is 0 Å². The molecule has 0 aliphatic heterocycles. The van der Waals surface area contributed by atoms with Crippen LogP contribution < -0.4 is 4.74 Å². The maximum atomic E-state index is 10.2. The maximum absolute atomic E-state index is 10.2. The lowest BCUT2D eigenvalue weighted by atomic mass is 9.73. The molecule has 0 spiro atoms. The zero-order chi connectivity index (χ0) is 16.9. The highest BCUT2D eigenvalue weighted by molar-refractivity contribution is 5.42. The number of unbranched alkanes of at least 4 members (excludes halogenated alkanes) is 2. The van der Waals surface area contributed by atoms with Gasteiger partial charge in [0.1, 0.15) is 5.75 Å². The Balaban J connectivity index is 0.00000225. The number of aliphatic hydroxyl groups excluding tert-OH is 1. The van der Waals surface area contributed by atoms with Gasteiger partial charge in [-0.25, -0.2) is 0 Å². The van der Waals surface area contributed by atoms with Gasteiger partial charge < -0.3 is 9.84 Å². The summed E-state index contributed by atoms with van der Waals surface area (Å²) in [7, 11) is 1.79. The summed E-state index contributed by atoms with van der Waals surface area (Å²) in [5, 5.41) is 10.2. The van der Waals surface area contributed by atoms with Crippen molar-refractivity contribution in [1.29, 1.82) is 0 Å². The van der Waals surface area contributed by atoms with Crippen LogP contribution in [0.15, 0.2) is 18.2 Å². The third-order valence-corrected chi connectivity index (χ3v) is 6.50. The van der Waals surface area contributed by atoms with E-state index < -0.39 is 0 Å². The maximum Gasteiger partial charge on any atom is 0.122 e. The van der Waals surface area contributed by atoms with Crippen LogP contribution >= 0.6 is 0 Å². The third kappa shape index (κ3) is 4.78. The zero-order valence-corrected chi connectivity index (χ0v) is 15.5. The fraction of sp³-hybridized carbons (Fsp3) is 0.739. The van der Waals surface area contributed by atoms with Crippen LogP contribution in [0.5, 0.6) is 5.75 Å². The molecule has 0 radical (unpaired) electrons. The molecule has 1 aromatic carbocycles. The van der Waals surface area contributed by atoms with E-state index in [-0.39, 0.29) is 13.5 Å². The van der Waals surface area contributed by atoms with Gasteiger partial charge in [0.25, 0.3) is 0 Å². The number of ether oxygens (including phenoxy) is 1. The minimum absolute atomic E-state index is 0. The first-order chi connectivity index (χ1) is 11.7. The van der Waals surface area contributed by atoms with E-state index in [0.29, 0.717) is 0 Å². The summed E-state index contributed by atoms with van der Waals surface area (Å²) < 4.78 is 5.58. The number of rotatable bonds is 8. The first kappa shape index (κ1) is 20.3. The second-order valence-electron chi connectivity index (χ2n) is 7.99. The van der Waals surface area contributed by atoms with Gasteiger partial charge in [-0.15, -0.1) is 0 Å². The number of hydrogen-bond donors (Lipinski definition) is 1. The molecule has 0 bridgehead atoms. The van der Waals surface area contributed by atoms with Crippen molar-refractivity contribution in [2.45, 2.75) is 84.7 Å². The molecule has 1 fully saturated rings. The lowest BCUT2D eigenvalue weighted by Gasteiger charge is -2.32. The Morgan fingerprint density at radius 1 is 1.16 bits per heavy atom. The van der Waals surface area contributed by atoms with E-state index in [1.165, 1.54) is 62.5 Å². The van der Waals surface area contributed by atoms with E-state index in [2.05, 4.69) is 25.1 Å². The van der Waals surface area contributed by atoms with E-state index in [1.807, 2.05) is 0 Å². The van der Waals surface area contributed by atoms with Gasteiger partial charge in [-0.1, -0.05) is 45.7 Å². The number of hydrogen-bond acceptors (Lipinski definition) is 2. The highest BCUT2D eigenvalue weighted by Gasteiger charge is 2.39. The molecule has 2 aliphatic carbocycles. The van der Waals surface area contributed by atoms with Gasteiger partial charge >= 0.3 is 0 Å². The Bertz CT molecular complexity index is 525. The van der Waals surface area contributed by atoms with Crippen LogP contribution in [0.4, 0.5) is 0 Å². The summed E-state index contributed by atoms with van der Waals surface area (Å²) in [6.07, 6.45) is 11.9. The topological polar surface area (TPSA) is 29.5 Å². The zero-order valence-electron chi connectivity index (χ0n) is 15.5. The summed E-state index contributed by atoms with van der Waals surface area (Å²) in [5.41, 5.74) is 2.97. The van der Waals surface area contributed by atoms with Crippen molar-refractivity contribution < 1.29 is 9.84 Å². The van der Waals surface area contributed by atoms with Gasteiger partial charge in [0, 0.05) is 0 Å².